The van der Waals surface area contributed by atoms with Crippen molar-refractivity contribution in [3.63, 3.8) is 0 Å². The highest BCUT2D eigenvalue weighted by atomic mass is 16.4. The zero-order valence-electron chi connectivity index (χ0n) is 9.07. The predicted molar refractivity (Wildman–Crippen MR) is 58.4 cm³/mol. The molecule has 1 aliphatic rings. The van der Waals surface area contributed by atoms with Gasteiger partial charge < -0.3 is 5.11 Å². The van der Waals surface area contributed by atoms with Crippen molar-refractivity contribution in [3.05, 3.63) is 18.3 Å². The topological polar surface area (TPSA) is 95.8 Å². The molecule has 1 aromatic heterocycles. The van der Waals surface area contributed by atoms with Crippen molar-refractivity contribution in [3.8, 4) is 0 Å². The maximum atomic E-state index is 11.9. The van der Waals surface area contributed by atoms with Gasteiger partial charge in [-0.05, 0) is 19.1 Å². The Morgan fingerprint density at radius 1 is 1.59 bits per heavy atom. The van der Waals surface area contributed by atoms with Crippen LogP contribution in [0.15, 0.2) is 23.4 Å². The molecule has 0 aliphatic carbocycles. The Balaban J connectivity index is 2.24. The number of carbonyl (C=O) groups is 2. The van der Waals surface area contributed by atoms with Gasteiger partial charge in [-0.25, -0.2) is 0 Å². The second kappa shape index (κ2) is 4.28. The fourth-order valence-electron chi connectivity index (χ4n) is 1.58. The number of aromatic nitrogens is 2. The van der Waals surface area contributed by atoms with Gasteiger partial charge in [0.15, 0.2) is 5.82 Å². The third kappa shape index (κ3) is 2.12. The molecular formula is C10H10N4O3. The van der Waals surface area contributed by atoms with Gasteiger partial charge in [-0.1, -0.05) is 0 Å². The smallest absolute Gasteiger partial charge is 0.304 e. The summed E-state index contributed by atoms with van der Waals surface area (Å²) in [5, 5.41) is 21.2. The van der Waals surface area contributed by atoms with Crippen LogP contribution in [0.5, 0.6) is 0 Å². The predicted octanol–water partition coefficient (Wildman–Crippen LogP) is 0.290. The molecule has 1 atom stereocenters. The van der Waals surface area contributed by atoms with Crippen LogP contribution in [0.2, 0.25) is 0 Å². The zero-order chi connectivity index (χ0) is 12.4. The number of nitrogens with zero attached hydrogens (tertiary/aromatic N) is 4. The summed E-state index contributed by atoms with van der Waals surface area (Å²) in [6.45, 7) is 1.63. The number of hydrogen-bond donors (Lipinski definition) is 1. The highest BCUT2D eigenvalue weighted by Gasteiger charge is 2.36. The second-order valence-electron chi connectivity index (χ2n) is 3.62. The number of anilines is 1. The molecule has 0 aromatic carbocycles. The van der Waals surface area contributed by atoms with Crippen LogP contribution >= 0.6 is 0 Å². The van der Waals surface area contributed by atoms with Crippen molar-refractivity contribution in [1.29, 1.82) is 0 Å². The Morgan fingerprint density at radius 3 is 2.94 bits per heavy atom. The van der Waals surface area contributed by atoms with Gasteiger partial charge in [-0.3, -0.25) is 9.59 Å². The van der Waals surface area contributed by atoms with Crippen molar-refractivity contribution < 1.29 is 14.7 Å². The monoisotopic (exact) mass is 234 g/mol. The van der Waals surface area contributed by atoms with Gasteiger partial charge in [0, 0.05) is 11.9 Å². The average molecular weight is 234 g/mol. The fraction of sp³-hybridized carbons (Fsp3) is 0.300. The minimum Gasteiger partial charge on any atom is -0.481 e. The molecule has 0 fully saturated rings. The first kappa shape index (κ1) is 11.2. The number of aliphatic carboxylic acids is 1. The summed E-state index contributed by atoms with van der Waals surface area (Å²) in [6.07, 6.45) is 1.22. The second-order valence-corrected chi connectivity index (χ2v) is 3.62. The fourth-order valence-corrected chi connectivity index (χ4v) is 1.58. The van der Waals surface area contributed by atoms with Gasteiger partial charge in [0.1, 0.15) is 0 Å². The molecule has 1 amide bonds. The molecule has 2 rings (SSSR count). The van der Waals surface area contributed by atoms with Crippen molar-refractivity contribution in [2.45, 2.75) is 13.3 Å². The van der Waals surface area contributed by atoms with E-state index in [4.69, 9.17) is 5.11 Å². The van der Waals surface area contributed by atoms with Gasteiger partial charge >= 0.3 is 5.97 Å². The van der Waals surface area contributed by atoms with E-state index in [0.29, 0.717) is 11.5 Å². The van der Waals surface area contributed by atoms with E-state index in [2.05, 4.69) is 15.3 Å². The van der Waals surface area contributed by atoms with E-state index in [1.165, 1.54) is 6.20 Å². The van der Waals surface area contributed by atoms with E-state index < -0.39 is 11.9 Å². The standard InChI is InChI=1S/C10H10N4O3/c1-6-7(5-9(15)16)10(17)14(13-6)8-3-2-4-11-12-8/h2-4,7H,5H2,1H3,(H,15,16). The van der Waals surface area contributed by atoms with Gasteiger partial charge in [0.25, 0.3) is 5.91 Å². The molecule has 0 spiro atoms. The summed E-state index contributed by atoms with van der Waals surface area (Å²) in [5.41, 5.74) is 0.475. The Bertz CT molecular complexity index is 486. The highest BCUT2D eigenvalue weighted by Crippen LogP contribution is 2.23. The minimum atomic E-state index is -1.03. The molecule has 17 heavy (non-hydrogen) atoms. The van der Waals surface area contributed by atoms with E-state index in [9.17, 15) is 9.59 Å². The molecule has 0 saturated heterocycles. The molecule has 1 aromatic rings. The largest absolute Gasteiger partial charge is 0.481 e. The first-order chi connectivity index (χ1) is 8.09. The number of carbonyl (C=O) groups excluding carboxylic acids is 1. The van der Waals surface area contributed by atoms with Crippen molar-refractivity contribution in [1.82, 2.24) is 10.2 Å². The summed E-state index contributed by atoms with van der Waals surface area (Å²) in [4.78, 5) is 22.6. The molecule has 1 unspecified atom stereocenters. The first-order valence-corrected chi connectivity index (χ1v) is 4.98. The number of carboxylic acids is 1. The van der Waals surface area contributed by atoms with E-state index in [-0.39, 0.29) is 12.3 Å². The van der Waals surface area contributed by atoms with Crippen LogP contribution in [0.1, 0.15) is 13.3 Å². The van der Waals surface area contributed by atoms with Crippen LogP contribution in [0.4, 0.5) is 5.82 Å². The molecule has 7 heteroatoms. The third-order valence-corrected chi connectivity index (χ3v) is 2.42. The van der Waals surface area contributed by atoms with Gasteiger partial charge in [0.05, 0.1) is 12.3 Å². The van der Waals surface area contributed by atoms with Crippen molar-refractivity contribution >= 4 is 23.4 Å². The van der Waals surface area contributed by atoms with Crippen molar-refractivity contribution in [2.75, 3.05) is 5.01 Å². The first-order valence-electron chi connectivity index (χ1n) is 4.98. The number of hydrogen-bond acceptors (Lipinski definition) is 5. The molecule has 0 radical (unpaired) electrons. The summed E-state index contributed by atoms with van der Waals surface area (Å²) in [5.74, 6) is -1.83. The lowest BCUT2D eigenvalue weighted by Gasteiger charge is -2.11. The van der Waals surface area contributed by atoms with Crippen LogP contribution in [0.25, 0.3) is 0 Å². The van der Waals surface area contributed by atoms with Gasteiger partial charge in [0.2, 0.25) is 0 Å². The number of hydrazone groups is 1. The Hall–Kier alpha value is -2.31. The molecule has 2 heterocycles. The van der Waals surface area contributed by atoms with Crippen LogP contribution in [-0.2, 0) is 9.59 Å². The van der Waals surface area contributed by atoms with Crippen LogP contribution in [0.3, 0.4) is 0 Å². The summed E-state index contributed by atoms with van der Waals surface area (Å²) in [7, 11) is 0. The Morgan fingerprint density at radius 2 is 2.35 bits per heavy atom. The Labute approximate surface area is 96.8 Å². The zero-order valence-corrected chi connectivity index (χ0v) is 9.07. The lowest BCUT2D eigenvalue weighted by atomic mass is 10.0. The minimum absolute atomic E-state index is 0.259. The molecule has 88 valence electrons. The number of rotatable bonds is 3. The van der Waals surface area contributed by atoms with Crippen LogP contribution in [-0.4, -0.2) is 32.9 Å². The lowest BCUT2D eigenvalue weighted by molar-refractivity contribution is -0.139. The van der Waals surface area contributed by atoms with Gasteiger partial charge in [-0.15, -0.1) is 5.10 Å². The summed E-state index contributed by atoms with van der Waals surface area (Å²) in [6, 6.07) is 3.22. The molecule has 0 saturated carbocycles. The van der Waals surface area contributed by atoms with Crippen molar-refractivity contribution in [2.24, 2.45) is 11.0 Å². The van der Waals surface area contributed by atoms with Crippen LogP contribution in [0, 0.1) is 5.92 Å². The molecule has 0 bridgehead atoms. The maximum absolute atomic E-state index is 11.9. The van der Waals surface area contributed by atoms with E-state index in [0.717, 1.165) is 5.01 Å². The number of carboxylic acid groups (broad SMARTS) is 1. The molecule has 7 nitrogen and oxygen atoms in total. The Kier molecular flexibility index (Phi) is 2.82. The SMILES string of the molecule is CC1=NN(c2cccnn2)C(=O)C1CC(=O)O. The molecule has 1 aliphatic heterocycles. The average Bonchev–Trinajstić information content (AvgIpc) is 2.58. The third-order valence-electron chi connectivity index (χ3n) is 2.42. The maximum Gasteiger partial charge on any atom is 0.304 e. The quantitative estimate of drug-likeness (QED) is 0.810. The van der Waals surface area contributed by atoms with E-state index >= 15 is 0 Å². The summed E-state index contributed by atoms with van der Waals surface area (Å²) < 4.78 is 0. The van der Waals surface area contributed by atoms with E-state index in [1.807, 2.05) is 0 Å². The number of amides is 1. The highest BCUT2D eigenvalue weighted by molar-refractivity contribution is 6.15. The molecular weight excluding hydrogens is 224 g/mol. The van der Waals surface area contributed by atoms with Gasteiger partial charge in [-0.2, -0.15) is 15.2 Å². The normalized spacial score (nSPS) is 19.4. The van der Waals surface area contributed by atoms with E-state index in [1.54, 1.807) is 19.1 Å². The molecule has 1 N–H and O–H groups in total. The lowest BCUT2D eigenvalue weighted by Crippen LogP contribution is -2.29. The van der Waals surface area contributed by atoms with Crippen LogP contribution < -0.4 is 5.01 Å². The summed E-state index contributed by atoms with van der Waals surface area (Å²) >= 11 is 0.